The monoisotopic (exact) mass is 243 g/mol. The molecule has 0 aliphatic heterocycles. The summed E-state index contributed by atoms with van der Waals surface area (Å²) < 4.78 is 0. The van der Waals surface area contributed by atoms with E-state index in [1.165, 1.54) is 12.8 Å². The van der Waals surface area contributed by atoms with Gasteiger partial charge in [-0.25, -0.2) is 5.10 Å². The fourth-order valence-electron chi connectivity index (χ4n) is 1.93. The molecule has 1 aliphatic rings. The number of nitrogens with zero attached hydrogens (tertiary/aromatic N) is 1. The Hall–Kier alpha value is -2.17. The van der Waals surface area contributed by atoms with Crippen molar-refractivity contribution in [1.29, 1.82) is 0 Å². The van der Waals surface area contributed by atoms with Crippen molar-refractivity contribution in [2.75, 3.05) is 6.54 Å². The van der Waals surface area contributed by atoms with Crippen LogP contribution in [0, 0.1) is 5.92 Å². The summed E-state index contributed by atoms with van der Waals surface area (Å²) >= 11 is 0. The number of amides is 1. The van der Waals surface area contributed by atoms with Gasteiger partial charge >= 0.3 is 0 Å². The van der Waals surface area contributed by atoms with Crippen LogP contribution in [0.2, 0.25) is 0 Å². The molecule has 1 fully saturated rings. The number of carbonyl (C=O) groups excluding carboxylic acids is 1. The summed E-state index contributed by atoms with van der Waals surface area (Å²) in [5, 5.41) is 10.1. The zero-order valence-corrected chi connectivity index (χ0v) is 9.77. The van der Waals surface area contributed by atoms with Gasteiger partial charge < -0.3 is 5.32 Å². The Kier molecular flexibility index (Phi) is 2.59. The van der Waals surface area contributed by atoms with Crippen LogP contribution in [0.5, 0.6) is 0 Å². The first-order valence-corrected chi connectivity index (χ1v) is 6.01. The zero-order chi connectivity index (χ0) is 12.5. The fraction of sp³-hybridized carbons (Fsp3) is 0.308. The summed E-state index contributed by atoms with van der Waals surface area (Å²) in [5.74, 6) is 0.386. The summed E-state index contributed by atoms with van der Waals surface area (Å²) in [6, 6.07) is 6.99. The Morgan fingerprint density at radius 3 is 2.78 bits per heavy atom. The van der Waals surface area contributed by atoms with Gasteiger partial charge in [0.05, 0.1) is 5.39 Å². The Balaban J connectivity index is 1.97. The smallest absolute Gasteiger partial charge is 0.272 e. The number of rotatable bonds is 3. The topological polar surface area (TPSA) is 74.8 Å². The second kappa shape index (κ2) is 4.25. The SMILES string of the molecule is O=C(NCC1CC1)c1n[nH]c(=O)c2ccccc12. The molecule has 0 spiro atoms. The lowest BCUT2D eigenvalue weighted by atomic mass is 10.1. The molecule has 1 aromatic heterocycles. The van der Waals surface area contributed by atoms with Crippen molar-refractivity contribution in [2.24, 2.45) is 5.92 Å². The third kappa shape index (κ3) is 1.99. The first-order valence-electron chi connectivity index (χ1n) is 6.01. The molecular formula is C13H13N3O2. The van der Waals surface area contributed by atoms with Crippen LogP contribution in [0.15, 0.2) is 29.1 Å². The highest BCUT2D eigenvalue weighted by Gasteiger charge is 2.22. The number of carbonyl (C=O) groups is 1. The van der Waals surface area contributed by atoms with Crippen LogP contribution in [0.3, 0.4) is 0 Å². The molecular weight excluding hydrogens is 230 g/mol. The summed E-state index contributed by atoms with van der Waals surface area (Å²) in [6.45, 7) is 0.688. The van der Waals surface area contributed by atoms with Crippen LogP contribution in [0.4, 0.5) is 0 Å². The van der Waals surface area contributed by atoms with Crippen LogP contribution >= 0.6 is 0 Å². The predicted molar refractivity (Wildman–Crippen MR) is 67.4 cm³/mol. The molecule has 0 bridgehead atoms. The van der Waals surface area contributed by atoms with Crippen LogP contribution < -0.4 is 10.9 Å². The van der Waals surface area contributed by atoms with Crippen LogP contribution in [-0.2, 0) is 0 Å². The number of aromatic nitrogens is 2. The minimum Gasteiger partial charge on any atom is -0.350 e. The summed E-state index contributed by atoms with van der Waals surface area (Å²) in [6.07, 6.45) is 2.36. The van der Waals surface area contributed by atoms with E-state index in [0.717, 1.165) is 0 Å². The van der Waals surface area contributed by atoms with E-state index >= 15 is 0 Å². The highest BCUT2D eigenvalue weighted by atomic mass is 16.2. The quantitative estimate of drug-likeness (QED) is 0.846. The van der Waals surface area contributed by atoms with Gasteiger partial charge in [0.2, 0.25) is 0 Å². The third-order valence-corrected chi connectivity index (χ3v) is 3.16. The number of benzene rings is 1. The lowest BCUT2D eigenvalue weighted by Crippen LogP contribution is -2.28. The molecule has 5 heteroatoms. The van der Waals surface area contributed by atoms with E-state index in [2.05, 4.69) is 15.5 Å². The van der Waals surface area contributed by atoms with Crippen molar-refractivity contribution in [2.45, 2.75) is 12.8 Å². The first kappa shape index (κ1) is 11.0. The van der Waals surface area contributed by atoms with E-state index in [1.54, 1.807) is 24.3 Å². The lowest BCUT2D eigenvalue weighted by molar-refractivity contribution is 0.0947. The van der Waals surface area contributed by atoms with E-state index in [9.17, 15) is 9.59 Å². The number of nitrogens with one attached hydrogen (secondary N) is 2. The van der Waals surface area contributed by atoms with Gasteiger partial charge in [0.25, 0.3) is 11.5 Å². The number of fused-ring (bicyclic) bond motifs is 1. The van der Waals surface area contributed by atoms with E-state index in [1.807, 2.05) is 0 Å². The predicted octanol–water partition coefficient (Wildman–Crippen LogP) is 1.06. The summed E-state index contributed by atoms with van der Waals surface area (Å²) in [4.78, 5) is 23.6. The standard InChI is InChI=1S/C13H13N3O2/c17-12-10-4-2-1-3-9(10)11(15-16-12)13(18)14-7-8-5-6-8/h1-4,8H,5-7H2,(H,14,18)(H,16,17). The molecule has 5 nitrogen and oxygen atoms in total. The molecule has 0 unspecified atom stereocenters. The molecule has 18 heavy (non-hydrogen) atoms. The highest BCUT2D eigenvalue weighted by molar-refractivity contribution is 6.04. The normalized spacial score (nSPS) is 14.7. The average Bonchev–Trinajstić information content (AvgIpc) is 3.21. The molecule has 92 valence electrons. The van der Waals surface area contributed by atoms with E-state index in [-0.39, 0.29) is 17.2 Å². The van der Waals surface area contributed by atoms with Crippen molar-refractivity contribution in [3.63, 3.8) is 0 Å². The van der Waals surface area contributed by atoms with Crippen molar-refractivity contribution < 1.29 is 4.79 Å². The van der Waals surface area contributed by atoms with E-state index < -0.39 is 0 Å². The maximum absolute atomic E-state index is 12.0. The molecule has 1 saturated carbocycles. The molecule has 0 radical (unpaired) electrons. The van der Waals surface area contributed by atoms with Gasteiger partial charge in [0.1, 0.15) is 0 Å². The maximum atomic E-state index is 12.0. The van der Waals surface area contributed by atoms with Gasteiger partial charge in [-0.1, -0.05) is 18.2 Å². The summed E-state index contributed by atoms with van der Waals surface area (Å²) in [7, 11) is 0. The van der Waals surface area contributed by atoms with Crippen LogP contribution in [-0.4, -0.2) is 22.6 Å². The number of hydrogen-bond donors (Lipinski definition) is 2. The second-order valence-corrected chi connectivity index (χ2v) is 4.60. The Labute approximate surface area is 103 Å². The van der Waals surface area contributed by atoms with Gasteiger partial charge in [0.15, 0.2) is 5.69 Å². The molecule has 3 rings (SSSR count). The minimum absolute atomic E-state index is 0.227. The number of hydrogen-bond acceptors (Lipinski definition) is 3. The molecule has 1 aromatic carbocycles. The van der Waals surface area contributed by atoms with Gasteiger partial charge in [0, 0.05) is 11.9 Å². The van der Waals surface area contributed by atoms with Crippen molar-refractivity contribution in [3.8, 4) is 0 Å². The average molecular weight is 243 g/mol. The lowest BCUT2D eigenvalue weighted by Gasteiger charge is -2.05. The Morgan fingerprint density at radius 1 is 1.33 bits per heavy atom. The van der Waals surface area contributed by atoms with Gasteiger partial charge in [-0.15, -0.1) is 0 Å². The number of H-pyrrole nitrogens is 1. The van der Waals surface area contributed by atoms with E-state index in [0.29, 0.717) is 23.2 Å². The van der Waals surface area contributed by atoms with Crippen LogP contribution in [0.25, 0.3) is 10.8 Å². The first-order chi connectivity index (χ1) is 8.75. The molecule has 1 heterocycles. The minimum atomic E-state index is -0.274. The molecule has 1 amide bonds. The zero-order valence-electron chi connectivity index (χ0n) is 9.77. The van der Waals surface area contributed by atoms with Gasteiger partial charge in [-0.05, 0) is 24.8 Å². The third-order valence-electron chi connectivity index (χ3n) is 3.16. The number of aromatic amines is 1. The molecule has 2 aromatic rings. The van der Waals surface area contributed by atoms with Gasteiger partial charge in [-0.3, -0.25) is 9.59 Å². The summed E-state index contributed by atoms with van der Waals surface area (Å²) in [5.41, 5.74) is 0.00944. The highest BCUT2D eigenvalue weighted by Crippen LogP contribution is 2.27. The maximum Gasteiger partial charge on any atom is 0.272 e. The van der Waals surface area contributed by atoms with Crippen molar-refractivity contribution >= 4 is 16.7 Å². The molecule has 2 N–H and O–H groups in total. The molecule has 0 atom stereocenters. The Bertz CT molecular complexity index is 659. The molecule has 0 saturated heterocycles. The van der Waals surface area contributed by atoms with Crippen LogP contribution in [0.1, 0.15) is 23.3 Å². The Morgan fingerprint density at radius 2 is 2.06 bits per heavy atom. The van der Waals surface area contributed by atoms with E-state index in [4.69, 9.17) is 0 Å². The fourth-order valence-corrected chi connectivity index (χ4v) is 1.93. The van der Waals surface area contributed by atoms with Crippen molar-refractivity contribution in [3.05, 3.63) is 40.3 Å². The van der Waals surface area contributed by atoms with Crippen molar-refractivity contribution in [1.82, 2.24) is 15.5 Å². The van der Waals surface area contributed by atoms with Gasteiger partial charge in [-0.2, -0.15) is 5.10 Å². The molecule has 1 aliphatic carbocycles. The largest absolute Gasteiger partial charge is 0.350 e. The second-order valence-electron chi connectivity index (χ2n) is 4.60.